The van der Waals surface area contributed by atoms with Gasteiger partial charge in [-0.2, -0.15) is 13.2 Å². The molecule has 11 heteroatoms. The summed E-state index contributed by atoms with van der Waals surface area (Å²) < 4.78 is 88.0. The van der Waals surface area contributed by atoms with Crippen molar-refractivity contribution in [2.75, 3.05) is 5.32 Å². The van der Waals surface area contributed by atoms with Gasteiger partial charge in [-0.25, -0.2) is 18.2 Å². The number of rotatable bonds is 4. The van der Waals surface area contributed by atoms with Crippen LogP contribution in [-0.4, -0.2) is 15.5 Å². The minimum Gasteiger partial charge on any atom is -0.441 e. The first kappa shape index (κ1) is 23.5. The molecule has 0 aliphatic heterocycles. The Morgan fingerprint density at radius 1 is 1.00 bits per heavy atom. The van der Waals surface area contributed by atoms with Crippen LogP contribution in [0, 0.1) is 24.4 Å². The van der Waals surface area contributed by atoms with E-state index in [-0.39, 0.29) is 22.2 Å². The number of oxazole rings is 1. The first-order chi connectivity index (χ1) is 17.0. The van der Waals surface area contributed by atoms with Crippen molar-refractivity contribution >= 4 is 33.6 Å². The number of alkyl halides is 3. The van der Waals surface area contributed by atoms with Crippen LogP contribution in [0.15, 0.2) is 59.0 Å². The highest BCUT2D eigenvalue weighted by atomic mass is 19.4. The zero-order valence-corrected chi connectivity index (χ0v) is 18.4. The number of nitrogens with one attached hydrogen (secondary N) is 1. The third-order valence-electron chi connectivity index (χ3n) is 5.66. The van der Waals surface area contributed by atoms with E-state index >= 15 is 0 Å². The van der Waals surface area contributed by atoms with Gasteiger partial charge in [0.1, 0.15) is 11.2 Å². The van der Waals surface area contributed by atoms with Crippen LogP contribution in [0.25, 0.3) is 22.0 Å². The molecule has 5 nitrogen and oxygen atoms in total. The van der Waals surface area contributed by atoms with Crippen molar-refractivity contribution in [3.8, 4) is 0 Å². The minimum absolute atomic E-state index is 0.0561. The van der Waals surface area contributed by atoms with Crippen LogP contribution in [0.5, 0.6) is 0 Å². The monoisotopic (exact) mass is 503 g/mol. The second-order valence-electron chi connectivity index (χ2n) is 8.09. The van der Waals surface area contributed by atoms with E-state index in [1.54, 1.807) is 25.1 Å². The molecule has 0 unspecified atom stereocenters. The molecule has 0 saturated heterocycles. The summed E-state index contributed by atoms with van der Waals surface area (Å²) in [4.78, 5) is 17.4. The number of hydrogen-bond acceptors (Lipinski definition) is 3. The molecule has 0 radical (unpaired) electrons. The third-order valence-corrected chi connectivity index (χ3v) is 5.66. The summed E-state index contributed by atoms with van der Waals surface area (Å²) >= 11 is 0. The number of hydrogen-bond donors (Lipinski definition) is 1. The van der Waals surface area contributed by atoms with Gasteiger partial charge in [-0.05, 0) is 48.5 Å². The van der Waals surface area contributed by atoms with Gasteiger partial charge in [-0.1, -0.05) is 6.07 Å². The number of halogens is 6. The normalized spacial score (nSPS) is 12.0. The Morgan fingerprint density at radius 2 is 1.78 bits per heavy atom. The molecule has 1 amide bonds. The second-order valence-corrected chi connectivity index (χ2v) is 8.09. The van der Waals surface area contributed by atoms with E-state index < -0.39 is 41.6 Å². The summed E-state index contributed by atoms with van der Waals surface area (Å²) in [6.07, 6.45) is -4.63. The predicted molar refractivity (Wildman–Crippen MR) is 119 cm³/mol. The Hall–Kier alpha value is -4.28. The fourth-order valence-electron chi connectivity index (χ4n) is 3.98. The number of anilines is 1. The van der Waals surface area contributed by atoms with Gasteiger partial charge in [0, 0.05) is 29.1 Å². The maximum absolute atomic E-state index is 14.4. The largest absolute Gasteiger partial charge is 0.441 e. The maximum atomic E-state index is 14.4. The number of carbonyl (C=O) groups is 1. The third kappa shape index (κ3) is 4.16. The Balaban J connectivity index is 1.59. The minimum atomic E-state index is -4.63. The summed E-state index contributed by atoms with van der Waals surface area (Å²) in [5.41, 5.74) is 0.111. The summed E-state index contributed by atoms with van der Waals surface area (Å²) in [5.74, 6) is -4.84. The molecule has 0 atom stereocenters. The molecule has 36 heavy (non-hydrogen) atoms. The molecule has 0 aliphatic carbocycles. The van der Waals surface area contributed by atoms with Crippen molar-refractivity contribution in [3.63, 3.8) is 0 Å². The molecule has 2 aromatic heterocycles. The molecular weight excluding hydrogens is 488 g/mol. The smallest absolute Gasteiger partial charge is 0.416 e. The van der Waals surface area contributed by atoms with Gasteiger partial charge in [0.15, 0.2) is 28.9 Å². The number of carbonyl (C=O) groups excluding carboxylic acids is 1. The summed E-state index contributed by atoms with van der Waals surface area (Å²) in [7, 11) is 0. The molecule has 2 heterocycles. The van der Waals surface area contributed by atoms with Gasteiger partial charge in [0.25, 0.3) is 5.91 Å². The van der Waals surface area contributed by atoms with Gasteiger partial charge in [0.05, 0.1) is 12.1 Å². The van der Waals surface area contributed by atoms with Crippen molar-refractivity contribution in [1.29, 1.82) is 0 Å². The first-order valence-electron chi connectivity index (χ1n) is 10.5. The van der Waals surface area contributed by atoms with E-state index in [9.17, 15) is 31.1 Å². The van der Waals surface area contributed by atoms with Crippen LogP contribution in [0.1, 0.15) is 27.5 Å². The average molecular weight is 503 g/mol. The van der Waals surface area contributed by atoms with Gasteiger partial charge in [0.2, 0.25) is 0 Å². The van der Waals surface area contributed by atoms with E-state index in [1.165, 1.54) is 10.6 Å². The number of nitrogens with zero attached hydrogens (tertiary/aromatic N) is 2. The topological polar surface area (TPSA) is 60.1 Å². The van der Waals surface area contributed by atoms with Crippen molar-refractivity contribution < 1.29 is 35.6 Å². The lowest BCUT2D eigenvalue weighted by Gasteiger charge is -2.13. The standard InChI is InChI=1S/C25H15F6N3O2/c1-12-32-18-10-16(4-7-21(18)36-12)33-24(35)20-9-14-8-15(25(29,30)31)3-6-19(14)34(20)11-13-2-5-17(26)23(28)22(13)27/h2-10H,11H2,1H3,(H,33,35). The molecule has 3 aromatic carbocycles. The van der Waals surface area contributed by atoms with Crippen molar-refractivity contribution in [3.05, 3.63) is 94.8 Å². The Morgan fingerprint density at radius 3 is 2.53 bits per heavy atom. The van der Waals surface area contributed by atoms with Crippen molar-refractivity contribution in [1.82, 2.24) is 9.55 Å². The molecule has 184 valence electrons. The van der Waals surface area contributed by atoms with E-state index in [0.717, 1.165) is 30.3 Å². The summed E-state index contributed by atoms with van der Waals surface area (Å²) in [6.45, 7) is 1.21. The maximum Gasteiger partial charge on any atom is 0.416 e. The summed E-state index contributed by atoms with van der Waals surface area (Å²) in [6, 6.07) is 10.5. The number of benzene rings is 3. The van der Waals surface area contributed by atoms with E-state index in [1.807, 2.05) is 0 Å². The Labute approximate surface area is 199 Å². The van der Waals surface area contributed by atoms with Crippen LogP contribution < -0.4 is 5.32 Å². The van der Waals surface area contributed by atoms with E-state index in [0.29, 0.717) is 22.7 Å². The van der Waals surface area contributed by atoms with Gasteiger partial charge in [-0.15, -0.1) is 0 Å². The van der Waals surface area contributed by atoms with E-state index in [4.69, 9.17) is 4.42 Å². The van der Waals surface area contributed by atoms with Crippen molar-refractivity contribution in [2.24, 2.45) is 0 Å². The second kappa shape index (κ2) is 8.43. The molecule has 1 N–H and O–H groups in total. The number of aromatic nitrogens is 2. The molecule has 5 rings (SSSR count). The molecule has 0 aliphatic rings. The predicted octanol–water partition coefficient (Wildman–Crippen LogP) is 6.83. The molecular formula is C25H15F6N3O2. The van der Waals surface area contributed by atoms with Crippen LogP contribution in [-0.2, 0) is 12.7 Å². The molecule has 0 saturated carbocycles. The van der Waals surface area contributed by atoms with E-state index in [2.05, 4.69) is 10.3 Å². The van der Waals surface area contributed by atoms with Crippen LogP contribution in [0.2, 0.25) is 0 Å². The van der Waals surface area contributed by atoms with Gasteiger partial charge in [-0.3, -0.25) is 4.79 Å². The number of fused-ring (bicyclic) bond motifs is 2. The molecule has 0 bridgehead atoms. The zero-order valence-electron chi connectivity index (χ0n) is 18.4. The van der Waals surface area contributed by atoms with Crippen molar-refractivity contribution in [2.45, 2.75) is 19.6 Å². The average Bonchev–Trinajstić information content (AvgIpc) is 3.37. The number of aryl methyl sites for hydroxylation is 1. The van der Waals surface area contributed by atoms with Crippen LogP contribution in [0.4, 0.5) is 32.0 Å². The fraction of sp³-hybridized carbons (Fsp3) is 0.120. The van der Waals surface area contributed by atoms with Gasteiger partial charge >= 0.3 is 6.18 Å². The lowest BCUT2D eigenvalue weighted by atomic mass is 10.1. The SMILES string of the molecule is Cc1nc2cc(NC(=O)c3cc4cc(C(F)(F)F)ccc4n3Cc3ccc(F)c(F)c3F)ccc2o1. The zero-order chi connectivity index (χ0) is 25.8. The number of amides is 1. The first-order valence-corrected chi connectivity index (χ1v) is 10.5. The highest BCUT2D eigenvalue weighted by Gasteiger charge is 2.31. The van der Waals surface area contributed by atoms with Gasteiger partial charge < -0.3 is 14.3 Å². The van der Waals surface area contributed by atoms with Crippen LogP contribution in [0.3, 0.4) is 0 Å². The highest BCUT2D eigenvalue weighted by Crippen LogP contribution is 2.33. The summed E-state index contributed by atoms with van der Waals surface area (Å²) in [5, 5.41) is 2.69. The molecule has 0 fully saturated rings. The highest BCUT2D eigenvalue weighted by molar-refractivity contribution is 6.07. The molecule has 5 aromatic rings. The lowest BCUT2D eigenvalue weighted by Crippen LogP contribution is -2.18. The lowest BCUT2D eigenvalue weighted by molar-refractivity contribution is -0.137. The fourth-order valence-corrected chi connectivity index (χ4v) is 3.98. The quantitative estimate of drug-likeness (QED) is 0.216. The Bertz CT molecular complexity index is 1650. The van der Waals surface area contributed by atoms with Crippen LogP contribution >= 0.6 is 0 Å². The Kier molecular flexibility index (Phi) is 5.50. The molecule has 0 spiro atoms.